The van der Waals surface area contributed by atoms with E-state index in [1.165, 1.54) is 11.3 Å². The summed E-state index contributed by atoms with van der Waals surface area (Å²) in [5.74, 6) is 0.763. The Labute approximate surface area is 138 Å². The first-order valence-electron chi connectivity index (χ1n) is 7.28. The summed E-state index contributed by atoms with van der Waals surface area (Å²) in [5, 5.41) is 0. The predicted octanol–water partition coefficient (Wildman–Crippen LogP) is 2.74. The summed E-state index contributed by atoms with van der Waals surface area (Å²) in [6.45, 7) is 8.45. The number of rotatable bonds is 2. The number of hydrogen-bond acceptors (Lipinski definition) is 5. The zero-order valence-corrected chi connectivity index (χ0v) is 14.5. The lowest BCUT2D eigenvalue weighted by Crippen LogP contribution is -2.36. The molecule has 1 aliphatic heterocycles. The first-order valence-corrected chi connectivity index (χ1v) is 8.47. The number of aromatic nitrogens is 3. The molecule has 0 aromatic carbocycles. The monoisotopic (exact) mass is 338 g/mol. The van der Waals surface area contributed by atoms with Gasteiger partial charge in [0.1, 0.15) is 5.82 Å². The van der Waals surface area contributed by atoms with Crippen molar-refractivity contribution in [2.75, 3.05) is 6.54 Å². The van der Waals surface area contributed by atoms with Gasteiger partial charge in [-0.3, -0.25) is 9.69 Å². The van der Waals surface area contributed by atoms with Crippen molar-refractivity contribution in [2.24, 2.45) is 0 Å². The maximum atomic E-state index is 12.4. The Balaban J connectivity index is 1.83. The van der Waals surface area contributed by atoms with Crippen LogP contribution in [0, 0.1) is 0 Å². The van der Waals surface area contributed by atoms with Gasteiger partial charge in [-0.15, -0.1) is 11.3 Å². The average molecular weight is 339 g/mol. The summed E-state index contributed by atoms with van der Waals surface area (Å²) < 4.78 is 0.557. The van der Waals surface area contributed by atoms with E-state index in [-0.39, 0.29) is 11.0 Å². The minimum Gasteiger partial charge on any atom is -0.310 e. The Morgan fingerprint density at radius 3 is 2.86 bits per heavy atom. The molecule has 0 fully saturated rings. The Morgan fingerprint density at radius 1 is 1.45 bits per heavy atom. The summed E-state index contributed by atoms with van der Waals surface area (Å²) in [6, 6.07) is 0. The van der Waals surface area contributed by atoms with Crippen molar-refractivity contribution in [3.63, 3.8) is 0 Å². The van der Waals surface area contributed by atoms with Gasteiger partial charge < -0.3 is 4.98 Å². The lowest BCUT2D eigenvalue weighted by Gasteiger charge is -2.28. The molecule has 3 heterocycles. The van der Waals surface area contributed by atoms with Gasteiger partial charge in [-0.2, -0.15) is 0 Å². The number of H-pyrrole nitrogens is 1. The fourth-order valence-electron chi connectivity index (χ4n) is 2.55. The molecule has 0 radical (unpaired) electrons. The first kappa shape index (κ1) is 15.6. The second kappa shape index (κ2) is 5.76. The Hall–Kier alpha value is -1.24. The third kappa shape index (κ3) is 3.24. The number of fused-ring (bicyclic) bond motifs is 1. The van der Waals surface area contributed by atoms with Gasteiger partial charge in [0.15, 0.2) is 4.47 Å². The number of nitrogens with zero attached hydrogens (tertiary/aromatic N) is 3. The zero-order chi connectivity index (χ0) is 15.9. The third-order valence-electron chi connectivity index (χ3n) is 3.76. The van der Waals surface area contributed by atoms with E-state index in [0.717, 1.165) is 41.5 Å². The van der Waals surface area contributed by atoms with Crippen molar-refractivity contribution in [3.8, 4) is 0 Å². The zero-order valence-electron chi connectivity index (χ0n) is 12.9. The second-order valence-electron chi connectivity index (χ2n) is 6.63. The van der Waals surface area contributed by atoms with E-state index < -0.39 is 0 Å². The molecule has 0 bridgehead atoms. The standard InChI is InChI=1S/C15H19ClN4OS/c1-15(2,3)13-18-11-4-5-20(8-10(11)12(21)19-13)7-9-6-17-14(16)22-9/h6H,4-5,7-8H2,1-3H3,(H,18,19,21). The normalized spacial score (nSPS) is 15.8. The molecule has 1 aliphatic rings. The van der Waals surface area contributed by atoms with Crippen molar-refractivity contribution in [1.82, 2.24) is 19.9 Å². The van der Waals surface area contributed by atoms with E-state index >= 15 is 0 Å². The van der Waals surface area contributed by atoms with Crippen LogP contribution in [0.2, 0.25) is 4.47 Å². The van der Waals surface area contributed by atoms with E-state index in [1.807, 2.05) is 0 Å². The van der Waals surface area contributed by atoms with Crippen molar-refractivity contribution < 1.29 is 0 Å². The van der Waals surface area contributed by atoms with Crippen molar-refractivity contribution in [1.29, 1.82) is 0 Å². The van der Waals surface area contributed by atoms with Crippen molar-refractivity contribution in [3.05, 3.63) is 43.0 Å². The highest BCUT2D eigenvalue weighted by Gasteiger charge is 2.25. The largest absolute Gasteiger partial charge is 0.310 e. The molecule has 3 rings (SSSR count). The van der Waals surface area contributed by atoms with Crippen molar-refractivity contribution in [2.45, 2.75) is 45.7 Å². The van der Waals surface area contributed by atoms with Gasteiger partial charge in [-0.1, -0.05) is 32.4 Å². The number of hydrogen-bond donors (Lipinski definition) is 1. The lowest BCUT2D eigenvalue weighted by atomic mass is 9.95. The van der Waals surface area contributed by atoms with Crippen LogP contribution in [0.3, 0.4) is 0 Å². The maximum Gasteiger partial charge on any atom is 0.255 e. The minimum absolute atomic E-state index is 0.0121. The fraction of sp³-hybridized carbons (Fsp3) is 0.533. The van der Waals surface area contributed by atoms with Crippen LogP contribution in [-0.2, 0) is 24.9 Å². The Kier molecular flexibility index (Phi) is 4.09. The van der Waals surface area contributed by atoms with E-state index in [0.29, 0.717) is 11.0 Å². The predicted molar refractivity (Wildman–Crippen MR) is 88.5 cm³/mol. The molecule has 2 aromatic rings. The molecular weight excluding hydrogens is 320 g/mol. The molecule has 2 aromatic heterocycles. The SMILES string of the molecule is CC(C)(C)c1nc2c(c(=O)[nH]1)CN(Cc1cnc(Cl)s1)CC2. The molecule has 7 heteroatoms. The highest BCUT2D eigenvalue weighted by atomic mass is 35.5. The maximum absolute atomic E-state index is 12.4. The molecular formula is C15H19ClN4OS. The summed E-state index contributed by atoms with van der Waals surface area (Å²) in [6.07, 6.45) is 2.60. The third-order valence-corrected chi connectivity index (χ3v) is 4.86. The van der Waals surface area contributed by atoms with Gasteiger partial charge in [0, 0.05) is 42.5 Å². The number of halogens is 1. The summed E-state index contributed by atoms with van der Waals surface area (Å²) >= 11 is 7.35. The van der Waals surface area contributed by atoms with Crippen LogP contribution in [0.25, 0.3) is 0 Å². The molecule has 0 amide bonds. The Bertz CT molecular complexity index is 747. The smallest absolute Gasteiger partial charge is 0.255 e. The number of thiazole rings is 1. The molecule has 1 N–H and O–H groups in total. The van der Waals surface area contributed by atoms with Gasteiger partial charge in [-0.05, 0) is 0 Å². The van der Waals surface area contributed by atoms with Crippen LogP contribution in [0.15, 0.2) is 11.0 Å². The highest BCUT2D eigenvalue weighted by molar-refractivity contribution is 7.15. The second-order valence-corrected chi connectivity index (χ2v) is 8.33. The Morgan fingerprint density at radius 2 is 2.23 bits per heavy atom. The molecule has 0 spiro atoms. The van der Waals surface area contributed by atoms with Gasteiger partial charge in [-0.25, -0.2) is 9.97 Å². The highest BCUT2D eigenvalue weighted by Crippen LogP contribution is 2.23. The minimum atomic E-state index is -0.148. The van der Waals surface area contributed by atoms with E-state index in [4.69, 9.17) is 11.6 Å². The van der Waals surface area contributed by atoms with Gasteiger partial charge in [0.25, 0.3) is 5.56 Å². The molecule has 118 valence electrons. The molecule has 0 saturated carbocycles. The molecule has 0 saturated heterocycles. The van der Waals surface area contributed by atoms with Crippen LogP contribution in [-0.4, -0.2) is 26.4 Å². The van der Waals surface area contributed by atoms with Crippen LogP contribution < -0.4 is 5.56 Å². The molecule has 0 aliphatic carbocycles. The lowest BCUT2D eigenvalue weighted by molar-refractivity contribution is 0.243. The van der Waals surface area contributed by atoms with Gasteiger partial charge in [0.2, 0.25) is 0 Å². The molecule has 22 heavy (non-hydrogen) atoms. The van der Waals surface area contributed by atoms with Crippen LogP contribution in [0.1, 0.15) is 42.7 Å². The first-order chi connectivity index (χ1) is 10.3. The fourth-order valence-corrected chi connectivity index (χ4v) is 3.57. The van der Waals surface area contributed by atoms with Crippen molar-refractivity contribution >= 4 is 22.9 Å². The topological polar surface area (TPSA) is 61.9 Å². The average Bonchev–Trinajstić information content (AvgIpc) is 2.83. The van der Waals surface area contributed by atoms with E-state index in [2.05, 4.69) is 40.6 Å². The van der Waals surface area contributed by atoms with Crippen LogP contribution in [0.4, 0.5) is 0 Å². The molecule has 5 nitrogen and oxygen atoms in total. The summed E-state index contributed by atoms with van der Waals surface area (Å²) in [7, 11) is 0. The van der Waals surface area contributed by atoms with Gasteiger partial charge in [0.05, 0.1) is 11.3 Å². The van der Waals surface area contributed by atoms with E-state index in [1.54, 1.807) is 6.20 Å². The van der Waals surface area contributed by atoms with Gasteiger partial charge >= 0.3 is 0 Å². The molecule has 0 atom stereocenters. The molecule has 0 unspecified atom stereocenters. The number of nitrogens with one attached hydrogen (secondary N) is 1. The van der Waals surface area contributed by atoms with Crippen LogP contribution in [0.5, 0.6) is 0 Å². The van der Waals surface area contributed by atoms with Crippen LogP contribution >= 0.6 is 22.9 Å². The van der Waals surface area contributed by atoms with E-state index in [9.17, 15) is 4.79 Å². The number of aromatic amines is 1. The summed E-state index contributed by atoms with van der Waals surface area (Å²) in [5.41, 5.74) is 1.56. The summed E-state index contributed by atoms with van der Waals surface area (Å²) in [4.78, 5) is 27.4. The quantitative estimate of drug-likeness (QED) is 0.914.